The predicted molar refractivity (Wildman–Crippen MR) is 88.2 cm³/mol. The molecule has 0 bridgehead atoms. The van der Waals surface area contributed by atoms with Gasteiger partial charge in [0.05, 0.1) is 6.61 Å². The molecule has 1 saturated heterocycles. The maximum atomic E-state index is 13.2. The number of piperidine rings is 1. The molecule has 126 valence electrons. The Morgan fingerprint density at radius 1 is 1.17 bits per heavy atom. The van der Waals surface area contributed by atoms with Crippen LogP contribution in [0.25, 0.3) is 0 Å². The maximum absolute atomic E-state index is 13.2. The first-order valence-electron chi connectivity index (χ1n) is 9.14. The number of halogens is 1. The topological polar surface area (TPSA) is 39.7 Å². The third kappa shape index (κ3) is 3.17. The van der Waals surface area contributed by atoms with Gasteiger partial charge in [-0.15, -0.1) is 0 Å². The Bertz CT molecular complexity index is 774. The van der Waals surface area contributed by atoms with Crippen molar-refractivity contribution < 1.29 is 21.3 Å². The average molecular weight is 331 g/mol. The van der Waals surface area contributed by atoms with Crippen molar-refractivity contribution in [2.75, 3.05) is 26.4 Å². The fourth-order valence-electron chi connectivity index (χ4n) is 3.09. The fraction of sp³-hybridized carbons (Fsp3) is 0.368. The lowest BCUT2D eigenvalue weighted by molar-refractivity contribution is 0.173. The highest BCUT2D eigenvalue weighted by molar-refractivity contribution is 5.46. The number of nitrogens with one attached hydrogen (secondary N) is 1. The first-order chi connectivity index (χ1) is 12.6. The van der Waals surface area contributed by atoms with Crippen molar-refractivity contribution in [3.63, 3.8) is 0 Å². The maximum Gasteiger partial charge on any atom is 0.231 e. The zero-order chi connectivity index (χ0) is 18.1. The van der Waals surface area contributed by atoms with Gasteiger partial charge in [-0.2, -0.15) is 0 Å². The highest BCUT2D eigenvalue weighted by atomic mass is 19.1. The summed E-state index contributed by atoms with van der Waals surface area (Å²) in [4.78, 5) is 0. The summed E-state index contributed by atoms with van der Waals surface area (Å²) in [5.74, 6) is 1.49. The SMILES string of the molecule is [2H]C1C[C@@H](c2ccc(F)cc2)[C@H](COc2ccc3c(c2)OCO3)C([2H])N1. The van der Waals surface area contributed by atoms with Gasteiger partial charge in [0.25, 0.3) is 0 Å². The van der Waals surface area contributed by atoms with Crippen molar-refractivity contribution in [1.82, 2.24) is 5.32 Å². The molecule has 0 aromatic heterocycles. The molecule has 0 radical (unpaired) electrons. The summed E-state index contributed by atoms with van der Waals surface area (Å²) in [7, 11) is 0. The van der Waals surface area contributed by atoms with E-state index in [-0.39, 0.29) is 24.4 Å². The lowest BCUT2D eigenvalue weighted by Gasteiger charge is -2.32. The standard InChI is InChI=1S/C19H20FNO3/c20-15-3-1-13(2-4-15)17-7-8-21-10-14(17)11-22-16-5-6-18-19(9-16)24-12-23-18/h1-6,9,14,17,21H,7-8,10-12H2/t14-,17-/m0/s1/i8D,10D/t8?,10?,14-,17-. The van der Waals surface area contributed by atoms with Crippen LogP contribution in [0, 0.1) is 11.7 Å². The highest BCUT2D eigenvalue weighted by Crippen LogP contribution is 2.36. The van der Waals surface area contributed by atoms with E-state index in [0.717, 1.165) is 5.56 Å². The summed E-state index contributed by atoms with van der Waals surface area (Å²) in [5, 5.41) is 2.95. The molecular formula is C19H20FNO3. The van der Waals surface area contributed by atoms with Crippen molar-refractivity contribution >= 4 is 0 Å². The minimum atomic E-state index is -0.629. The van der Waals surface area contributed by atoms with Crippen LogP contribution in [0.1, 0.15) is 20.6 Å². The molecule has 2 aliphatic heterocycles. The van der Waals surface area contributed by atoms with Crippen LogP contribution in [0.15, 0.2) is 42.5 Å². The van der Waals surface area contributed by atoms with Gasteiger partial charge < -0.3 is 19.5 Å². The molecule has 0 spiro atoms. The quantitative estimate of drug-likeness (QED) is 0.933. The molecule has 2 aromatic rings. The van der Waals surface area contributed by atoms with E-state index < -0.39 is 13.0 Å². The Morgan fingerprint density at radius 3 is 2.88 bits per heavy atom. The third-order valence-electron chi connectivity index (χ3n) is 4.40. The van der Waals surface area contributed by atoms with Crippen molar-refractivity contribution in [3.05, 3.63) is 53.8 Å². The molecular weight excluding hydrogens is 309 g/mol. The van der Waals surface area contributed by atoms with Gasteiger partial charge in [-0.05, 0) is 48.7 Å². The van der Waals surface area contributed by atoms with Crippen LogP contribution in [-0.2, 0) is 0 Å². The number of rotatable bonds is 4. The molecule has 4 atom stereocenters. The second kappa shape index (κ2) is 6.69. The second-order valence-corrected chi connectivity index (χ2v) is 5.92. The van der Waals surface area contributed by atoms with Gasteiger partial charge in [0, 0.05) is 21.2 Å². The Kier molecular flexibility index (Phi) is 3.64. The lowest BCUT2D eigenvalue weighted by atomic mass is 9.81. The molecule has 4 nitrogen and oxygen atoms in total. The van der Waals surface area contributed by atoms with Gasteiger partial charge in [-0.25, -0.2) is 4.39 Å². The van der Waals surface area contributed by atoms with E-state index in [9.17, 15) is 4.39 Å². The molecule has 24 heavy (non-hydrogen) atoms. The molecule has 0 saturated carbocycles. The minimum absolute atomic E-state index is 0.0455. The minimum Gasteiger partial charge on any atom is -0.493 e. The largest absolute Gasteiger partial charge is 0.493 e. The van der Waals surface area contributed by atoms with E-state index in [1.165, 1.54) is 12.1 Å². The van der Waals surface area contributed by atoms with Crippen LogP contribution >= 0.6 is 0 Å². The van der Waals surface area contributed by atoms with Gasteiger partial charge >= 0.3 is 0 Å². The molecule has 2 aromatic carbocycles. The third-order valence-corrected chi connectivity index (χ3v) is 4.40. The van der Waals surface area contributed by atoms with Crippen molar-refractivity contribution in [2.45, 2.75) is 12.3 Å². The highest BCUT2D eigenvalue weighted by Gasteiger charge is 2.27. The van der Waals surface area contributed by atoms with Crippen LogP contribution in [0.3, 0.4) is 0 Å². The normalized spacial score (nSPS) is 29.7. The van der Waals surface area contributed by atoms with E-state index in [0.29, 0.717) is 30.3 Å². The monoisotopic (exact) mass is 331 g/mol. The number of hydrogen-bond donors (Lipinski definition) is 1. The first-order valence-corrected chi connectivity index (χ1v) is 7.98. The molecule has 2 aliphatic rings. The van der Waals surface area contributed by atoms with E-state index in [2.05, 4.69) is 5.32 Å². The molecule has 1 N–H and O–H groups in total. The summed E-state index contributed by atoms with van der Waals surface area (Å²) < 4.78 is 46.2. The van der Waals surface area contributed by atoms with Crippen LogP contribution in [-0.4, -0.2) is 26.4 Å². The van der Waals surface area contributed by atoms with Gasteiger partial charge in [0.15, 0.2) is 11.5 Å². The van der Waals surface area contributed by atoms with Gasteiger partial charge in [0.2, 0.25) is 6.79 Å². The molecule has 2 heterocycles. The van der Waals surface area contributed by atoms with E-state index in [1.807, 2.05) is 6.07 Å². The van der Waals surface area contributed by atoms with Crippen molar-refractivity contribution in [3.8, 4) is 17.2 Å². The Balaban J connectivity index is 1.51. The second-order valence-electron chi connectivity index (χ2n) is 5.92. The van der Waals surface area contributed by atoms with Gasteiger partial charge in [-0.1, -0.05) is 12.1 Å². The van der Waals surface area contributed by atoms with Gasteiger partial charge in [0.1, 0.15) is 11.6 Å². The Hall–Kier alpha value is -2.27. The smallest absolute Gasteiger partial charge is 0.231 e. The summed E-state index contributed by atoms with van der Waals surface area (Å²) in [6.45, 7) is -0.627. The van der Waals surface area contributed by atoms with Crippen molar-refractivity contribution in [2.24, 2.45) is 5.92 Å². The average Bonchev–Trinajstić information content (AvgIpc) is 3.09. The Labute approximate surface area is 143 Å². The summed E-state index contributed by atoms with van der Waals surface area (Å²) in [5.41, 5.74) is 0.932. The molecule has 2 unspecified atom stereocenters. The Morgan fingerprint density at radius 2 is 2.00 bits per heavy atom. The number of ether oxygens (including phenoxy) is 3. The molecule has 1 fully saturated rings. The first kappa shape index (κ1) is 13.1. The van der Waals surface area contributed by atoms with Gasteiger partial charge in [-0.3, -0.25) is 0 Å². The molecule has 5 heteroatoms. The van der Waals surface area contributed by atoms with E-state index in [1.54, 1.807) is 24.3 Å². The molecule has 0 aliphatic carbocycles. The van der Waals surface area contributed by atoms with Crippen LogP contribution in [0.4, 0.5) is 4.39 Å². The predicted octanol–water partition coefficient (Wildman–Crippen LogP) is 3.33. The zero-order valence-corrected chi connectivity index (χ0v) is 13.1. The van der Waals surface area contributed by atoms with Crippen LogP contribution in [0.5, 0.6) is 17.2 Å². The van der Waals surface area contributed by atoms with E-state index >= 15 is 0 Å². The summed E-state index contributed by atoms with van der Waals surface area (Å²) in [6.07, 6.45) is 0.552. The van der Waals surface area contributed by atoms with Crippen LogP contribution in [0.2, 0.25) is 0 Å². The van der Waals surface area contributed by atoms with E-state index in [4.69, 9.17) is 17.0 Å². The number of hydrogen-bond acceptors (Lipinski definition) is 4. The zero-order valence-electron chi connectivity index (χ0n) is 15.1. The lowest BCUT2D eigenvalue weighted by Crippen LogP contribution is -2.38. The van der Waals surface area contributed by atoms with Crippen LogP contribution < -0.4 is 19.5 Å². The summed E-state index contributed by atoms with van der Waals surface area (Å²) >= 11 is 0. The number of benzene rings is 2. The van der Waals surface area contributed by atoms with Crippen molar-refractivity contribution in [1.29, 1.82) is 0 Å². The summed E-state index contributed by atoms with van der Waals surface area (Å²) in [6, 6.07) is 11.7. The molecule has 0 amide bonds. The number of fused-ring (bicyclic) bond motifs is 1. The molecule has 4 rings (SSSR count). The fourth-order valence-corrected chi connectivity index (χ4v) is 3.09.